The molecule has 21 heavy (non-hydrogen) atoms. The zero-order valence-electron chi connectivity index (χ0n) is 11.3. The lowest BCUT2D eigenvalue weighted by molar-refractivity contribution is -0.385. The van der Waals surface area contributed by atoms with Crippen molar-refractivity contribution in [3.05, 3.63) is 64.3 Å². The van der Waals surface area contributed by atoms with Crippen molar-refractivity contribution in [2.24, 2.45) is 0 Å². The van der Waals surface area contributed by atoms with E-state index < -0.39 is 4.92 Å². The Morgan fingerprint density at radius 1 is 1.24 bits per heavy atom. The van der Waals surface area contributed by atoms with Crippen LogP contribution in [0, 0.1) is 10.1 Å². The van der Waals surface area contributed by atoms with E-state index >= 15 is 0 Å². The summed E-state index contributed by atoms with van der Waals surface area (Å²) in [5.41, 5.74) is 1.11. The molecular weight excluding hydrogens is 270 g/mol. The molecule has 6 nitrogen and oxygen atoms in total. The molecule has 0 amide bonds. The Labute approximate surface area is 121 Å². The first kappa shape index (κ1) is 13.5. The molecule has 0 radical (unpaired) electrons. The van der Waals surface area contributed by atoms with Crippen LogP contribution in [0.2, 0.25) is 0 Å². The summed E-state index contributed by atoms with van der Waals surface area (Å²) in [5, 5.41) is 13.9. The van der Waals surface area contributed by atoms with Gasteiger partial charge in [0.1, 0.15) is 18.1 Å². The van der Waals surface area contributed by atoms with Gasteiger partial charge in [0.2, 0.25) is 0 Å². The van der Waals surface area contributed by atoms with E-state index in [1.54, 1.807) is 6.07 Å². The molecule has 1 N–H and O–H groups in total. The lowest BCUT2D eigenvalue weighted by atomic mass is 10.0. The van der Waals surface area contributed by atoms with Crippen molar-refractivity contribution in [2.45, 2.75) is 18.6 Å². The summed E-state index contributed by atoms with van der Waals surface area (Å²) in [4.78, 5) is 14.2. The van der Waals surface area contributed by atoms with Crippen molar-refractivity contribution in [1.29, 1.82) is 0 Å². The van der Waals surface area contributed by atoms with E-state index in [9.17, 15) is 10.1 Å². The number of nitrogens with one attached hydrogen (secondary N) is 1. The predicted octanol–water partition coefficient (Wildman–Crippen LogP) is 2.93. The molecule has 3 rings (SSSR count). The van der Waals surface area contributed by atoms with Crippen molar-refractivity contribution in [3.63, 3.8) is 0 Å². The first-order valence-electron chi connectivity index (χ1n) is 6.77. The van der Waals surface area contributed by atoms with Crippen molar-refractivity contribution in [3.8, 4) is 0 Å². The van der Waals surface area contributed by atoms with Crippen LogP contribution in [-0.4, -0.2) is 22.6 Å². The number of nitrogens with zero attached hydrogens (tertiary/aromatic N) is 2. The molecule has 0 unspecified atom stereocenters. The van der Waals surface area contributed by atoms with Crippen molar-refractivity contribution in [2.75, 3.05) is 11.9 Å². The third-order valence-electron chi connectivity index (χ3n) is 3.51. The van der Waals surface area contributed by atoms with Crippen LogP contribution in [0.15, 0.2) is 48.7 Å². The first-order chi connectivity index (χ1) is 10.2. The fraction of sp³-hybridized carbons (Fsp3) is 0.267. The highest BCUT2D eigenvalue weighted by molar-refractivity contribution is 5.42. The number of nitro groups is 1. The Bertz CT molecular complexity index is 616. The average molecular weight is 285 g/mol. The van der Waals surface area contributed by atoms with E-state index in [0.717, 1.165) is 12.0 Å². The van der Waals surface area contributed by atoms with Gasteiger partial charge in [-0.05, 0) is 18.1 Å². The summed E-state index contributed by atoms with van der Waals surface area (Å²) < 4.78 is 5.79. The average Bonchev–Trinajstić information content (AvgIpc) is 2.97. The highest BCUT2D eigenvalue weighted by Gasteiger charge is 2.29. The Morgan fingerprint density at radius 2 is 2.05 bits per heavy atom. The second-order valence-corrected chi connectivity index (χ2v) is 4.90. The smallest absolute Gasteiger partial charge is 0.287 e. The minimum atomic E-state index is -0.456. The molecule has 0 saturated carbocycles. The van der Waals surface area contributed by atoms with Gasteiger partial charge in [0.15, 0.2) is 0 Å². The monoisotopic (exact) mass is 285 g/mol. The molecule has 0 aliphatic carbocycles. The van der Waals surface area contributed by atoms with E-state index in [4.69, 9.17) is 4.74 Å². The maximum atomic E-state index is 10.6. The minimum Gasteiger partial charge on any atom is -0.371 e. The fourth-order valence-corrected chi connectivity index (χ4v) is 2.48. The molecule has 1 saturated heterocycles. The maximum Gasteiger partial charge on any atom is 0.287 e. The molecule has 1 aliphatic heterocycles. The summed E-state index contributed by atoms with van der Waals surface area (Å²) >= 11 is 0. The lowest BCUT2D eigenvalue weighted by Gasteiger charge is -2.20. The van der Waals surface area contributed by atoms with Gasteiger partial charge in [0.05, 0.1) is 11.0 Å². The van der Waals surface area contributed by atoms with E-state index in [0.29, 0.717) is 12.4 Å². The summed E-state index contributed by atoms with van der Waals surface area (Å²) in [5.74, 6) is 0.622. The first-order valence-corrected chi connectivity index (χ1v) is 6.77. The van der Waals surface area contributed by atoms with Crippen LogP contribution >= 0.6 is 0 Å². The number of aromatic nitrogens is 1. The van der Waals surface area contributed by atoms with Gasteiger partial charge in [0.25, 0.3) is 5.69 Å². The van der Waals surface area contributed by atoms with Crippen LogP contribution in [0.1, 0.15) is 18.1 Å². The normalized spacial score (nSPS) is 21.1. The van der Waals surface area contributed by atoms with Gasteiger partial charge in [-0.1, -0.05) is 30.3 Å². The van der Waals surface area contributed by atoms with Crippen LogP contribution in [0.5, 0.6) is 0 Å². The van der Waals surface area contributed by atoms with Crippen LogP contribution in [0.4, 0.5) is 11.5 Å². The van der Waals surface area contributed by atoms with Gasteiger partial charge in [-0.25, -0.2) is 4.98 Å². The molecule has 6 heteroatoms. The molecule has 1 aromatic heterocycles. The van der Waals surface area contributed by atoms with E-state index in [-0.39, 0.29) is 17.8 Å². The van der Waals surface area contributed by atoms with Gasteiger partial charge in [0, 0.05) is 12.7 Å². The molecule has 1 aliphatic rings. The molecule has 2 atom stereocenters. The minimum absolute atomic E-state index is 0.0113. The molecule has 108 valence electrons. The molecule has 0 bridgehead atoms. The summed E-state index contributed by atoms with van der Waals surface area (Å²) in [6, 6.07) is 13.2. The second kappa shape index (κ2) is 5.88. The Hall–Kier alpha value is -2.47. The third-order valence-corrected chi connectivity index (χ3v) is 3.51. The molecule has 1 aromatic carbocycles. The maximum absolute atomic E-state index is 10.6. The van der Waals surface area contributed by atoms with Gasteiger partial charge < -0.3 is 10.1 Å². The summed E-state index contributed by atoms with van der Waals surface area (Å²) in [6.45, 7) is 0.685. The Balaban J connectivity index is 1.73. The number of pyridine rings is 1. The molecular formula is C15H15N3O3. The standard InChI is InChI=1S/C15H15N3O3/c19-18(20)12-6-7-14(16-10-12)17-13-8-9-21-15(13)11-4-2-1-3-5-11/h1-7,10,13,15H,8-9H2,(H,16,17)/t13-,15-/m1/s1. The number of anilines is 1. The number of benzene rings is 1. The number of hydrogen-bond acceptors (Lipinski definition) is 5. The van der Waals surface area contributed by atoms with Gasteiger partial charge in [-0.3, -0.25) is 10.1 Å². The van der Waals surface area contributed by atoms with Gasteiger partial charge in [-0.2, -0.15) is 0 Å². The van der Waals surface area contributed by atoms with E-state index in [2.05, 4.69) is 10.3 Å². The third kappa shape index (κ3) is 3.00. The topological polar surface area (TPSA) is 77.3 Å². The van der Waals surface area contributed by atoms with Crippen LogP contribution < -0.4 is 5.32 Å². The Kier molecular flexibility index (Phi) is 3.79. The molecule has 0 spiro atoms. The second-order valence-electron chi connectivity index (χ2n) is 4.90. The number of hydrogen-bond donors (Lipinski definition) is 1. The van der Waals surface area contributed by atoms with Crippen LogP contribution in [0.25, 0.3) is 0 Å². The van der Waals surface area contributed by atoms with Gasteiger partial charge >= 0.3 is 0 Å². The highest BCUT2D eigenvalue weighted by atomic mass is 16.6. The Morgan fingerprint density at radius 3 is 2.71 bits per heavy atom. The lowest BCUT2D eigenvalue weighted by Crippen LogP contribution is -2.23. The fourth-order valence-electron chi connectivity index (χ4n) is 2.48. The molecule has 1 fully saturated rings. The van der Waals surface area contributed by atoms with Crippen molar-refractivity contribution < 1.29 is 9.66 Å². The molecule has 2 aromatic rings. The predicted molar refractivity (Wildman–Crippen MR) is 78.1 cm³/mol. The molecule has 2 heterocycles. The van der Waals surface area contributed by atoms with Crippen LogP contribution in [-0.2, 0) is 4.74 Å². The largest absolute Gasteiger partial charge is 0.371 e. The quantitative estimate of drug-likeness (QED) is 0.690. The van der Waals surface area contributed by atoms with Gasteiger partial charge in [-0.15, -0.1) is 0 Å². The van der Waals surface area contributed by atoms with Crippen LogP contribution in [0.3, 0.4) is 0 Å². The zero-order valence-corrected chi connectivity index (χ0v) is 11.3. The SMILES string of the molecule is O=[N+]([O-])c1ccc(N[C@@H]2CCO[C@@H]2c2ccccc2)nc1. The van der Waals surface area contributed by atoms with Crippen molar-refractivity contribution >= 4 is 11.5 Å². The van der Waals surface area contributed by atoms with Crippen molar-refractivity contribution in [1.82, 2.24) is 4.98 Å². The summed E-state index contributed by atoms with van der Waals surface area (Å²) in [7, 11) is 0. The van der Waals surface area contributed by atoms with E-state index in [1.807, 2.05) is 30.3 Å². The van der Waals surface area contributed by atoms with E-state index in [1.165, 1.54) is 12.3 Å². The number of ether oxygens (including phenoxy) is 1. The zero-order chi connectivity index (χ0) is 14.7. The highest BCUT2D eigenvalue weighted by Crippen LogP contribution is 2.31. The number of rotatable bonds is 4. The summed E-state index contributed by atoms with van der Waals surface area (Å²) in [6.07, 6.45) is 2.11.